The number of amides is 5. The van der Waals surface area contributed by atoms with Crippen LogP contribution in [-0.4, -0.2) is 117 Å². The number of nitrogens with one attached hydrogen (secondary N) is 3. The third kappa shape index (κ3) is 12.8. The molecule has 0 aliphatic carbocycles. The van der Waals surface area contributed by atoms with Gasteiger partial charge in [-0.05, 0) is 83.6 Å². The van der Waals surface area contributed by atoms with Gasteiger partial charge < -0.3 is 40.4 Å². The second kappa shape index (κ2) is 19.9. The SMILES string of the molecule is CC[C@H](C)[C@@H]([C@@H](CC(=O)N1CCC[C@H]1[C@H](OC)[C@@H](C)C(=O)NS(=O)(=O)c1ccc(N)cc1)OC)N(C)C(=O)[C@@H](NC(=O)C(C)(C)NC(=O)OC(C)(C)C)C(C)C. The molecule has 16 nitrogen and oxygen atoms in total. The van der Waals surface area contributed by atoms with E-state index in [9.17, 15) is 32.4 Å². The van der Waals surface area contributed by atoms with E-state index in [1.807, 2.05) is 13.8 Å². The van der Waals surface area contributed by atoms with Gasteiger partial charge in [0.25, 0.3) is 10.0 Å². The fourth-order valence-corrected chi connectivity index (χ4v) is 7.97. The number of benzene rings is 1. The summed E-state index contributed by atoms with van der Waals surface area (Å²) in [4.78, 5) is 70.7. The highest BCUT2D eigenvalue weighted by Crippen LogP contribution is 2.30. The predicted molar refractivity (Wildman–Crippen MR) is 213 cm³/mol. The second-order valence-electron chi connectivity index (χ2n) is 16.6. The third-order valence-corrected chi connectivity index (χ3v) is 11.6. The summed E-state index contributed by atoms with van der Waals surface area (Å²) in [5.74, 6) is -3.47. The molecule has 1 saturated heterocycles. The Morgan fingerprint density at radius 1 is 0.982 bits per heavy atom. The molecule has 1 aromatic rings. The van der Waals surface area contributed by atoms with Crippen LogP contribution in [0.5, 0.6) is 0 Å². The van der Waals surface area contributed by atoms with Gasteiger partial charge in [-0.3, -0.25) is 19.2 Å². The molecule has 0 aromatic heterocycles. The summed E-state index contributed by atoms with van der Waals surface area (Å²) in [6, 6.07) is 3.35. The van der Waals surface area contributed by atoms with E-state index in [1.54, 1.807) is 53.5 Å². The minimum atomic E-state index is -4.19. The van der Waals surface area contributed by atoms with Crippen LogP contribution in [0.3, 0.4) is 0 Å². The Balaban J connectivity index is 2.28. The zero-order valence-corrected chi connectivity index (χ0v) is 36.2. The normalized spacial score (nSPS) is 18.2. The van der Waals surface area contributed by atoms with E-state index in [0.717, 1.165) is 0 Å². The molecular weight excluding hydrogens is 745 g/mol. The van der Waals surface area contributed by atoms with Crippen LogP contribution in [0.4, 0.5) is 10.5 Å². The number of likely N-dealkylation sites (tertiary alicyclic amines) is 1. The Hall–Kier alpha value is -3.96. The second-order valence-corrected chi connectivity index (χ2v) is 18.3. The van der Waals surface area contributed by atoms with Crippen molar-refractivity contribution < 1.29 is 46.6 Å². The molecule has 1 aliphatic rings. The predicted octanol–water partition coefficient (Wildman–Crippen LogP) is 3.44. The summed E-state index contributed by atoms with van der Waals surface area (Å²) in [5, 5.41) is 5.40. The molecule has 7 atom stereocenters. The van der Waals surface area contributed by atoms with Gasteiger partial charge in [0, 0.05) is 33.5 Å². The van der Waals surface area contributed by atoms with Crippen molar-refractivity contribution >= 4 is 45.4 Å². The molecule has 0 spiro atoms. The first-order valence-corrected chi connectivity index (χ1v) is 20.7. The first kappa shape index (κ1) is 48.2. The number of nitrogens with zero attached hydrogens (tertiary/aromatic N) is 2. The average molecular weight is 811 g/mol. The number of nitrogen functional groups attached to an aromatic ring is 1. The number of methoxy groups -OCH3 is 2. The van der Waals surface area contributed by atoms with E-state index < -0.39 is 81.2 Å². The lowest BCUT2D eigenvalue weighted by molar-refractivity contribution is -0.147. The Kier molecular flexibility index (Phi) is 17.2. The molecular formula is C39H66N6O10S. The van der Waals surface area contributed by atoms with E-state index in [4.69, 9.17) is 19.9 Å². The number of rotatable bonds is 18. The van der Waals surface area contributed by atoms with Crippen LogP contribution in [0.15, 0.2) is 29.2 Å². The topological polar surface area (TPSA) is 216 Å². The number of hydrogen-bond donors (Lipinski definition) is 4. The van der Waals surface area contributed by atoms with Gasteiger partial charge in [0.15, 0.2) is 0 Å². The number of carbonyl (C=O) groups excluding carboxylic acids is 5. The largest absolute Gasteiger partial charge is 0.444 e. The van der Waals surface area contributed by atoms with Crippen molar-refractivity contribution in [2.45, 2.75) is 141 Å². The number of sulfonamides is 1. The monoisotopic (exact) mass is 810 g/mol. The lowest BCUT2D eigenvalue weighted by atomic mass is 9.89. The molecule has 2 rings (SSSR count). The molecule has 5 N–H and O–H groups in total. The summed E-state index contributed by atoms with van der Waals surface area (Å²) in [6.45, 7) is 17.6. The number of likely N-dealkylation sites (N-methyl/N-ethyl adjacent to an activating group) is 1. The van der Waals surface area contributed by atoms with E-state index in [2.05, 4.69) is 15.4 Å². The molecule has 1 aromatic carbocycles. The smallest absolute Gasteiger partial charge is 0.408 e. The molecule has 0 radical (unpaired) electrons. The van der Waals surface area contributed by atoms with Gasteiger partial charge in [-0.25, -0.2) is 17.9 Å². The van der Waals surface area contributed by atoms with Gasteiger partial charge in [-0.1, -0.05) is 41.0 Å². The number of ether oxygens (including phenoxy) is 3. The van der Waals surface area contributed by atoms with Gasteiger partial charge >= 0.3 is 6.09 Å². The Morgan fingerprint density at radius 3 is 2.07 bits per heavy atom. The van der Waals surface area contributed by atoms with Gasteiger partial charge in [0.05, 0.1) is 41.5 Å². The van der Waals surface area contributed by atoms with Crippen LogP contribution in [0, 0.1) is 17.8 Å². The number of anilines is 1. The Bertz CT molecular complexity index is 1630. The summed E-state index contributed by atoms with van der Waals surface area (Å²) in [5.41, 5.74) is 3.86. The maximum atomic E-state index is 14.3. The van der Waals surface area contributed by atoms with Crippen molar-refractivity contribution in [1.82, 2.24) is 25.2 Å². The lowest BCUT2D eigenvalue weighted by Crippen LogP contribution is -2.62. The lowest BCUT2D eigenvalue weighted by Gasteiger charge is -2.41. The molecule has 0 saturated carbocycles. The molecule has 0 bridgehead atoms. The Morgan fingerprint density at radius 2 is 1.57 bits per heavy atom. The molecule has 0 unspecified atom stereocenters. The molecule has 1 aliphatic heterocycles. The van der Waals surface area contributed by atoms with Crippen LogP contribution in [0.1, 0.15) is 94.9 Å². The highest BCUT2D eigenvalue weighted by molar-refractivity contribution is 7.90. The number of carbonyl (C=O) groups is 5. The summed E-state index contributed by atoms with van der Waals surface area (Å²) < 4.78 is 45.1. The van der Waals surface area contributed by atoms with E-state index >= 15 is 0 Å². The molecule has 5 amide bonds. The fraction of sp³-hybridized carbons (Fsp3) is 0.718. The van der Waals surface area contributed by atoms with Crippen molar-refractivity contribution in [3.63, 3.8) is 0 Å². The average Bonchev–Trinajstić information content (AvgIpc) is 3.58. The van der Waals surface area contributed by atoms with E-state index in [1.165, 1.54) is 57.2 Å². The van der Waals surface area contributed by atoms with Gasteiger partial charge in [-0.2, -0.15) is 0 Å². The molecule has 318 valence electrons. The van der Waals surface area contributed by atoms with E-state index in [0.29, 0.717) is 31.5 Å². The highest BCUT2D eigenvalue weighted by atomic mass is 32.2. The van der Waals surface area contributed by atoms with Crippen LogP contribution >= 0.6 is 0 Å². The maximum absolute atomic E-state index is 14.3. The summed E-state index contributed by atoms with van der Waals surface area (Å²) in [7, 11) is 0.326. The first-order valence-electron chi connectivity index (χ1n) is 19.2. The fourth-order valence-electron chi connectivity index (χ4n) is 6.91. The minimum Gasteiger partial charge on any atom is -0.444 e. The molecule has 17 heteroatoms. The van der Waals surface area contributed by atoms with Crippen LogP contribution in [0.2, 0.25) is 0 Å². The van der Waals surface area contributed by atoms with Crippen LogP contribution in [-0.2, 0) is 43.4 Å². The molecule has 56 heavy (non-hydrogen) atoms. The molecule has 1 heterocycles. The summed E-state index contributed by atoms with van der Waals surface area (Å²) >= 11 is 0. The van der Waals surface area contributed by atoms with Crippen molar-refractivity contribution in [3.05, 3.63) is 24.3 Å². The Labute approximate surface area is 333 Å². The van der Waals surface area contributed by atoms with Crippen LogP contribution in [0.25, 0.3) is 0 Å². The van der Waals surface area contributed by atoms with Crippen molar-refractivity contribution in [1.29, 1.82) is 0 Å². The minimum absolute atomic E-state index is 0.103. The standard InChI is InChI=1S/C39H66N6O10S/c1-14-24(4)32(44(11)35(48)31(23(2)3)41-36(49)39(9,10)42-37(50)55-38(6,7)8)29(53-12)22-30(46)45-21-15-16-28(45)33(54-13)25(5)34(47)43-56(51,52)27-19-17-26(40)18-20-27/h17-20,23-25,28-29,31-33H,14-16,21-22,40H2,1-13H3,(H,41,49)(H,42,50)(H,43,47)/t24-,25+,28-,29+,31-,32-,33+/m0/s1. The number of alkyl carbamates (subject to hydrolysis) is 1. The zero-order chi connectivity index (χ0) is 42.9. The first-order chi connectivity index (χ1) is 25.8. The van der Waals surface area contributed by atoms with E-state index in [-0.39, 0.29) is 29.1 Å². The quantitative estimate of drug-likeness (QED) is 0.158. The van der Waals surface area contributed by atoms with Crippen molar-refractivity contribution in [3.8, 4) is 0 Å². The zero-order valence-electron chi connectivity index (χ0n) is 35.4. The van der Waals surface area contributed by atoms with Gasteiger partial charge in [0.1, 0.15) is 17.2 Å². The number of hydrogen-bond acceptors (Lipinski definition) is 11. The maximum Gasteiger partial charge on any atom is 0.408 e. The van der Waals surface area contributed by atoms with Crippen molar-refractivity contribution in [2.75, 3.05) is 33.5 Å². The number of nitrogens with two attached hydrogens (primary N) is 1. The highest BCUT2D eigenvalue weighted by Gasteiger charge is 2.44. The van der Waals surface area contributed by atoms with Gasteiger partial charge in [-0.15, -0.1) is 0 Å². The van der Waals surface area contributed by atoms with Gasteiger partial charge in [0.2, 0.25) is 23.6 Å². The van der Waals surface area contributed by atoms with Crippen LogP contribution < -0.4 is 21.1 Å². The van der Waals surface area contributed by atoms with Crippen molar-refractivity contribution in [2.24, 2.45) is 17.8 Å². The molecule has 1 fully saturated rings. The summed E-state index contributed by atoms with van der Waals surface area (Å²) in [6.07, 6.45) is -0.667. The third-order valence-electron chi connectivity index (χ3n) is 10.3.